The van der Waals surface area contributed by atoms with E-state index in [1.807, 2.05) is 0 Å². The molecule has 15 rings (SSSR count). The number of hydrogen-bond acceptors (Lipinski definition) is 1. The molecule has 8 aromatic rings. The third-order valence-electron chi connectivity index (χ3n) is 18.9. The van der Waals surface area contributed by atoms with Crippen LogP contribution in [0.1, 0.15) is 144 Å². The summed E-state index contributed by atoms with van der Waals surface area (Å²) in [6.07, 6.45) is 8.65. The minimum Gasteiger partial charge on any atom is -0.310 e. The van der Waals surface area contributed by atoms with Crippen molar-refractivity contribution in [2.24, 2.45) is 17.8 Å². The van der Waals surface area contributed by atoms with Gasteiger partial charge in [0.1, 0.15) is 0 Å². The van der Waals surface area contributed by atoms with Crippen molar-refractivity contribution in [3.63, 3.8) is 0 Å². The number of fused-ring (bicyclic) bond motifs is 13. The van der Waals surface area contributed by atoms with Crippen molar-refractivity contribution in [3.05, 3.63) is 220 Å². The number of hydrogen-bond donors (Lipinski definition) is 0. The van der Waals surface area contributed by atoms with Crippen LogP contribution in [0, 0.1) is 17.8 Å². The average molecular weight is 922 g/mol. The second-order valence-corrected chi connectivity index (χ2v) is 25.6. The fourth-order valence-corrected chi connectivity index (χ4v) is 16.0. The fraction of sp³-hybridized carbons (Fsp3) is 0.314. The van der Waals surface area contributed by atoms with Crippen LogP contribution in [0.3, 0.4) is 0 Å². The Hall–Kier alpha value is -6.44. The summed E-state index contributed by atoms with van der Waals surface area (Å²) < 4.78 is 0. The summed E-state index contributed by atoms with van der Waals surface area (Å²) in [5.41, 5.74) is 26.5. The first-order valence-electron chi connectivity index (χ1n) is 26.9. The Labute approximate surface area is 423 Å². The largest absolute Gasteiger partial charge is 0.310 e. The summed E-state index contributed by atoms with van der Waals surface area (Å²) in [6.45, 7) is 19.0. The zero-order valence-corrected chi connectivity index (χ0v) is 43.1. The molecule has 0 radical (unpaired) electrons. The van der Waals surface area contributed by atoms with E-state index in [1.165, 1.54) is 145 Å². The number of nitrogens with zero attached hydrogens (tertiary/aromatic N) is 1. The molecule has 0 saturated heterocycles. The van der Waals surface area contributed by atoms with Crippen molar-refractivity contribution in [3.8, 4) is 44.5 Å². The molecule has 0 heterocycles. The Bertz CT molecular complexity index is 3390. The lowest BCUT2D eigenvalue weighted by atomic mass is 9.48. The van der Waals surface area contributed by atoms with Gasteiger partial charge in [-0.25, -0.2) is 0 Å². The normalized spacial score (nSPS) is 22.2. The minimum atomic E-state index is -0.499. The second-order valence-electron chi connectivity index (χ2n) is 25.6. The Morgan fingerprint density at radius 1 is 0.408 bits per heavy atom. The molecule has 0 atom stereocenters. The van der Waals surface area contributed by atoms with E-state index >= 15 is 0 Å². The van der Waals surface area contributed by atoms with Crippen LogP contribution in [0.15, 0.2) is 170 Å². The first kappa shape index (κ1) is 43.4. The van der Waals surface area contributed by atoms with E-state index in [9.17, 15) is 0 Å². The van der Waals surface area contributed by atoms with E-state index in [1.54, 1.807) is 5.56 Å². The summed E-state index contributed by atoms with van der Waals surface area (Å²) in [7, 11) is 0. The highest BCUT2D eigenvalue weighted by atomic mass is 15.1. The Balaban J connectivity index is 0.960. The van der Waals surface area contributed by atoms with Crippen LogP contribution in [0.5, 0.6) is 0 Å². The van der Waals surface area contributed by atoms with Gasteiger partial charge in [0.05, 0.1) is 11.1 Å². The summed E-state index contributed by atoms with van der Waals surface area (Å²) >= 11 is 0. The van der Waals surface area contributed by atoms with Gasteiger partial charge in [0.25, 0.3) is 0 Å². The molecular formula is C70H67N. The summed E-state index contributed by atoms with van der Waals surface area (Å²) in [4.78, 5) is 2.59. The molecule has 0 unspecified atom stereocenters. The van der Waals surface area contributed by atoms with Crippen molar-refractivity contribution < 1.29 is 0 Å². The van der Waals surface area contributed by atoms with Gasteiger partial charge in [-0.1, -0.05) is 195 Å². The van der Waals surface area contributed by atoms with Gasteiger partial charge in [0, 0.05) is 16.8 Å². The van der Waals surface area contributed by atoms with Gasteiger partial charge >= 0.3 is 0 Å². The van der Waals surface area contributed by atoms with Gasteiger partial charge in [0.2, 0.25) is 0 Å². The zero-order valence-electron chi connectivity index (χ0n) is 43.1. The van der Waals surface area contributed by atoms with E-state index < -0.39 is 5.41 Å². The highest BCUT2D eigenvalue weighted by Crippen LogP contribution is 2.65. The monoisotopic (exact) mass is 922 g/mol. The summed E-state index contributed by atoms with van der Waals surface area (Å²) in [6, 6.07) is 67.0. The van der Waals surface area contributed by atoms with Crippen LogP contribution in [0.4, 0.5) is 17.1 Å². The Kier molecular flexibility index (Phi) is 9.05. The van der Waals surface area contributed by atoms with Gasteiger partial charge in [-0.2, -0.15) is 0 Å². The van der Waals surface area contributed by atoms with E-state index in [2.05, 4.69) is 230 Å². The van der Waals surface area contributed by atoms with Crippen LogP contribution in [-0.2, 0) is 27.1 Å². The van der Waals surface area contributed by atoms with E-state index in [4.69, 9.17) is 0 Å². The molecular weight excluding hydrogens is 855 g/mol. The molecule has 7 aliphatic rings. The molecule has 7 aliphatic carbocycles. The number of rotatable bonds is 5. The molecule has 0 amide bonds. The maximum Gasteiger partial charge on any atom is 0.0726 e. The Morgan fingerprint density at radius 2 is 0.859 bits per heavy atom. The number of anilines is 3. The zero-order chi connectivity index (χ0) is 48.4. The predicted molar refractivity (Wildman–Crippen MR) is 298 cm³/mol. The molecule has 352 valence electrons. The molecule has 4 saturated carbocycles. The summed E-state index contributed by atoms with van der Waals surface area (Å²) in [5, 5.41) is 0. The molecule has 0 N–H and O–H groups in total. The molecule has 71 heavy (non-hydrogen) atoms. The van der Waals surface area contributed by atoms with Crippen LogP contribution in [0.25, 0.3) is 44.5 Å². The molecule has 1 heteroatoms. The number of benzene rings is 8. The predicted octanol–water partition coefficient (Wildman–Crippen LogP) is 18.5. The lowest BCUT2D eigenvalue weighted by molar-refractivity contribution is -0.00518. The van der Waals surface area contributed by atoms with Gasteiger partial charge < -0.3 is 4.90 Å². The van der Waals surface area contributed by atoms with Crippen molar-refractivity contribution >= 4 is 17.1 Å². The van der Waals surface area contributed by atoms with Crippen LogP contribution in [0.2, 0.25) is 0 Å². The van der Waals surface area contributed by atoms with Gasteiger partial charge in [-0.3, -0.25) is 0 Å². The van der Waals surface area contributed by atoms with Crippen LogP contribution >= 0.6 is 0 Å². The lowest BCUT2D eigenvalue weighted by Gasteiger charge is -2.57. The Morgan fingerprint density at radius 3 is 1.42 bits per heavy atom. The van der Waals surface area contributed by atoms with Gasteiger partial charge in [-0.15, -0.1) is 0 Å². The fourth-order valence-electron chi connectivity index (χ4n) is 16.0. The topological polar surface area (TPSA) is 3.24 Å². The van der Waals surface area contributed by atoms with E-state index in [0.29, 0.717) is 5.41 Å². The van der Waals surface area contributed by atoms with E-state index in [-0.39, 0.29) is 16.2 Å². The minimum absolute atomic E-state index is 0.0120. The third-order valence-corrected chi connectivity index (χ3v) is 18.9. The maximum absolute atomic E-state index is 2.59. The molecule has 1 spiro atoms. The quantitative estimate of drug-likeness (QED) is 0.166. The molecule has 1 nitrogen and oxygen atoms in total. The highest BCUT2D eigenvalue weighted by Gasteiger charge is 2.54. The second kappa shape index (κ2) is 14.8. The molecule has 4 fully saturated rings. The highest BCUT2D eigenvalue weighted by molar-refractivity contribution is 5.98. The first-order valence-corrected chi connectivity index (χ1v) is 26.9. The van der Waals surface area contributed by atoms with Crippen molar-refractivity contribution in [1.82, 2.24) is 0 Å². The SMILES string of the molecule is CC(C)(C)c1ccc2c(c1)C1(c3ccccc3-c3ccc(N(c4ccc(-c5ccc(C67CC8CC(CC(C8)C6)C7)cc5)cc4)c4cccc5c4C(C)(C)c4ccccc4-5)cc31)c1cc(C(C)(C)C)ccc1-2. The van der Waals surface area contributed by atoms with Crippen LogP contribution < -0.4 is 4.90 Å². The molecule has 8 aromatic carbocycles. The van der Waals surface area contributed by atoms with Crippen LogP contribution in [-0.4, -0.2) is 0 Å². The van der Waals surface area contributed by atoms with Crippen molar-refractivity contribution in [2.75, 3.05) is 4.90 Å². The standard InChI is InChI=1S/C70H67N/c1-66(2,3)49-26-31-55-56-32-27-50(67(4,5)6)38-62(56)70(61(55)37-49)60-18-12-10-14-53(60)57-33-30-52(39-63(57)70)71(64-19-13-16-58-54-15-9-11-17-59(54)68(7,8)65(58)64)51-28-22-47(23-29-51)46-20-24-48(25-21-46)69-40-43-34-44(41-69)36-45(35-43)42-69/h9-33,37-39,43-45H,34-36,40-42H2,1-8H3. The first-order chi connectivity index (χ1) is 34.1. The van der Waals surface area contributed by atoms with Crippen molar-refractivity contribution in [1.29, 1.82) is 0 Å². The smallest absolute Gasteiger partial charge is 0.0726 e. The lowest BCUT2D eigenvalue weighted by Crippen LogP contribution is -2.48. The third kappa shape index (κ3) is 6.17. The molecule has 4 bridgehead atoms. The van der Waals surface area contributed by atoms with E-state index in [0.717, 1.165) is 17.8 Å². The average Bonchev–Trinajstić information content (AvgIpc) is 3.92. The van der Waals surface area contributed by atoms with Crippen molar-refractivity contribution in [2.45, 2.75) is 121 Å². The van der Waals surface area contributed by atoms with Gasteiger partial charge in [0.15, 0.2) is 0 Å². The maximum atomic E-state index is 2.59. The summed E-state index contributed by atoms with van der Waals surface area (Å²) in [5.74, 6) is 2.84. The molecule has 0 aliphatic heterocycles. The van der Waals surface area contributed by atoms with Gasteiger partial charge in [-0.05, 0) is 197 Å². The molecule has 0 aromatic heterocycles.